The van der Waals surface area contributed by atoms with Crippen molar-refractivity contribution >= 4 is 5.78 Å². The molecule has 1 fully saturated rings. The van der Waals surface area contributed by atoms with E-state index in [4.69, 9.17) is 4.74 Å². The number of alkyl halides is 3. The number of ketones is 1. The van der Waals surface area contributed by atoms with Crippen LogP contribution in [0, 0.1) is 0 Å². The fourth-order valence-corrected chi connectivity index (χ4v) is 2.18. The van der Waals surface area contributed by atoms with Crippen molar-refractivity contribution in [3.63, 3.8) is 0 Å². The molecule has 2 rings (SSSR count). The Balaban J connectivity index is 1.98. The number of Topliss-reactive ketones (excluding diaryl/α,β-unsaturated/α-hetero) is 1. The van der Waals surface area contributed by atoms with Gasteiger partial charge in [0.1, 0.15) is 0 Å². The first-order valence-corrected chi connectivity index (χ1v) is 6.29. The zero-order chi connectivity index (χ0) is 13.9. The molecule has 0 bridgehead atoms. The van der Waals surface area contributed by atoms with Crippen LogP contribution >= 0.6 is 0 Å². The second-order valence-electron chi connectivity index (χ2n) is 4.68. The second-order valence-corrected chi connectivity index (χ2v) is 4.68. The van der Waals surface area contributed by atoms with Crippen LogP contribution in [0.25, 0.3) is 0 Å². The molecule has 0 spiro atoms. The van der Waals surface area contributed by atoms with Crippen LogP contribution in [-0.2, 0) is 10.9 Å². The van der Waals surface area contributed by atoms with Gasteiger partial charge in [-0.05, 0) is 31.4 Å². The average Bonchev–Trinajstić information content (AvgIpc) is 2.88. The van der Waals surface area contributed by atoms with Gasteiger partial charge in [-0.1, -0.05) is 12.1 Å². The molecule has 0 aromatic heterocycles. The Labute approximate surface area is 109 Å². The minimum atomic E-state index is -4.41. The molecule has 0 saturated carbocycles. The van der Waals surface area contributed by atoms with E-state index < -0.39 is 11.7 Å². The number of hydrogen-bond acceptors (Lipinski definition) is 2. The summed E-state index contributed by atoms with van der Waals surface area (Å²) in [4.78, 5) is 11.9. The van der Waals surface area contributed by atoms with Crippen molar-refractivity contribution in [2.45, 2.75) is 38.0 Å². The van der Waals surface area contributed by atoms with Crippen molar-refractivity contribution in [2.75, 3.05) is 6.61 Å². The first-order valence-electron chi connectivity index (χ1n) is 6.29. The molecule has 5 heteroatoms. The second kappa shape index (κ2) is 5.74. The zero-order valence-electron chi connectivity index (χ0n) is 10.4. The lowest BCUT2D eigenvalue weighted by Gasteiger charge is -2.10. The quantitative estimate of drug-likeness (QED) is 0.778. The van der Waals surface area contributed by atoms with Gasteiger partial charge in [-0.25, -0.2) is 0 Å². The third-order valence-electron chi connectivity index (χ3n) is 3.23. The average molecular weight is 272 g/mol. The number of benzene rings is 1. The minimum Gasteiger partial charge on any atom is -0.378 e. The van der Waals surface area contributed by atoms with Gasteiger partial charge in [0.05, 0.1) is 11.7 Å². The lowest BCUT2D eigenvalue weighted by atomic mass is 10.0. The number of carbonyl (C=O) groups excluding carboxylic acids is 1. The van der Waals surface area contributed by atoms with Gasteiger partial charge in [0.15, 0.2) is 5.78 Å². The third kappa shape index (κ3) is 3.80. The van der Waals surface area contributed by atoms with Crippen molar-refractivity contribution in [1.29, 1.82) is 0 Å². The Bertz CT molecular complexity index is 448. The first-order chi connectivity index (χ1) is 8.97. The standard InChI is InChI=1S/C14H15F3O2/c15-14(16,17)11-4-1-3-10(9-11)13(18)7-6-12-5-2-8-19-12/h1,3-4,9,12H,2,5-8H2. The van der Waals surface area contributed by atoms with Gasteiger partial charge >= 0.3 is 6.18 Å². The summed E-state index contributed by atoms with van der Waals surface area (Å²) in [6, 6.07) is 4.57. The number of halogens is 3. The van der Waals surface area contributed by atoms with Crippen LogP contribution < -0.4 is 0 Å². The molecule has 0 radical (unpaired) electrons. The Morgan fingerprint density at radius 3 is 2.79 bits per heavy atom. The highest BCUT2D eigenvalue weighted by atomic mass is 19.4. The van der Waals surface area contributed by atoms with Crippen molar-refractivity contribution in [2.24, 2.45) is 0 Å². The molecule has 1 aromatic rings. The van der Waals surface area contributed by atoms with Gasteiger partial charge in [-0.2, -0.15) is 13.2 Å². The lowest BCUT2D eigenvalue weighted by Crippen LogP contribution is -2.10. The number of hydrogen-bond donors (Lipinski definition) is 0. The predicted octanol–water partition coefficient (Wildman–Crippen LogP) is 3.85. The van der Waals surface area contributed by atoms with Crippen LogP contribution in [0.3, 0.4) is 0 Å². The molecule has 0 amide bonds. The molecule has 0 N–H and O–H groups in total. The van der Waals surface area contributed by atoms with E-state index in [1.54, 1.807) is 0 Å². The summed E-state index contributed by atoms with van der Waals surface area (Å²) in [5.41, 5.74) is -0.664. The van der Waals surface area contributed by atoms with E-state index in [0.717, 1.165) is 25.0 Å². The molecular formula is C14H15F3O2. The van der Waals surface area contributed by atoms with Gasteiger partial charge in [-0.15, -0.1) is 0 Å². The molecule has 1 heterocycles. The molecule has 1 aliphatic rings. The molecule has 1 atom stereocenters. The van der Waals surface area contributed by atoms with Gasteiger partial charge < -0.3 is 4.74 Å². The van der Waals surface area contributed by atoms with E-state index in [1.165, 1.54) is 12.1 Å². The molecule has 1 saturated heterocycles. The molecule has 1 aliphatic heterocycles. The highest BCUT2D eigenvalue weighted by Gasteiger charge is 2.30. The van der Waals surface area contributed by atoms with Crippen molar-refractivity contribution < 1.29 is 22.7 Å². The van der Waals surface area contributed by atoms with E-state index >= 15 is 0 Å². The molecule has 0 aliphatic carbocycles. The Morgan fingerprint density at radius 1 is 1.37 bits per heavy atom. The fourth-order valence-electron chi connectivity index (χ4n) is 2.18. The largest absolute Gasteiger partial charge is 0.416 e. The summed E-state index contributed by atoms with van der Waals surface area (Å²) in [6.07, 6.45) is -1.61. The molecule has 1 aromatic carbocycles. The maximum absolute atomic E-state index is 12.5. The summed E-state index contributed by atoms with van der Waals surface area (Å²) in [5.74, 6) is -0.262. The van der Waals surface area contributed by atoms with Crippen molar-refractivity contribution in [3.8, 4) is 0 Å². The minimum absolute atomic E-state index is 0.0785. The van der Waals surface area contributed by atoms with Crippen molar-refractivity contribution in [1.82, 2.24) is 0 Å². The zero-order valence-corrected chi connectivity index (χ0v) is 10.4. The van der Waals surface area contributed by atoms with E-state index in [2.05, 4.69) is 0 Å². The van der Waals surface area contributed by atoms with Crippen LogP contribution in [-0.4, -0.2) is 18.5 Å². The van der Waals surface area contributed by atoms with Crippen LogP contribution in [0.2, 0.25) is 0 Å². The molecule has 1 unspecified atom stereocenters. The summed E-state index contributed by atoms with van der Waals surface area (Å²) < 4.78 is 43.0. The van der Waals surface area contributed by atoms with Gasteiger partial charge in [0.2, 0.25) is 0 Å². The smallest absolute Gasteiger partial charge is 0.378 e. The normalized spacial score (nSPS) is 19.6. The maximum Gasteiger partial charge on any atom is 0.416 e. The topological polar surface area (TPSA) is 26.3 Å². The van der Waals surface area contributed by atoms with E-state index in [9.17, 15) is 18.0 Å². The number of ether oxygens (including phenoxy) is 1. The predicted molar refractivity (Wildman–Crippen MR) is 64.0 cm³/mol. The summed E-state index contributed by atoms with van der Waals surface area (Å²) >= 11 is 0. The summed E-state index contributed by atoms with van der Waals surface area (Å²) in [6.45, 7) is 0.711. The highest BCUT2D eigenvalue weighted by Crippen LogP contribution is 2.30. The van der Waals surface area contributed by atoms with Gasteiger partial charge in [0.25, 0.3) is 0 Å². The Kier molecular flexibility index (Phi) is 4.24. The highest BCUT2D eigenvalue weighted by molar-refractivity contribution is 5.96. The maximum atomic E-state index is 12.5. The molecule has 19 heavy (non-hydrogen) atoms. The van der Waals surface area contributed by atoms with Crippen LogP contribution in [0.1, 0.15) is 41.6 Å². The summed E-state index contributed by atoms with van der Waals surface area (Å²) in [7, 11) is 0. The SMILES string of the molecule is O=C(CCC1CCCO1)c1cccc(C(F)(F)F)c1. The monoisotopic (exact) mass is 272 g/mol. The first kappa shape index (κ1) is 14.1. The third-order valence-corrected chi connectivity index (χ3v) is 3.23. The van der Waals surface area contributed by atoms with Gasteiger partial charge in [0, 0.05) is 18.6 Å². The van der Waals surface area contributed by atoms with Crippen LogP contribution in [0.5, 0.6) is 0 Å². The molecule has 2 nitrogen and oxygen atoms in total. The number of rotatable bonds is 4. The van der Waals surface area contributed by atoms with E-state index in [-0.39, 0.29) is 23.9 Å². The Hall–Kier alpha value is -1.36. The van der Waals surface area contributed by atoms with Crippen molar-refractivity contribution in [3.05, 3.63) is 35.4 Å². The summed E-state index contributed by atoms with van der Waals surface area (Å²) in [5, 5.41) is 0. The lowest BCUT2D eigenvalue weighted by molar-refractivity contribution is -0.137. The fraction of sp³-hybridized carbons (Fsp3) is 0.500. The van der Waals surface area contributed by atoms with Gasteiger partial charge in [-0.3, -0.25) is 4.79 Å². The Morgan fingerprint density at radius 2 is 2.16 bits per heavy atom. The van der Waals surface area contributed by atoms with E-state index in [1.807, 2.05) is 0 Å². The van der Waals surface area contributed by atoms with E-state index in [0.29, 0.717) is 13.0 Å². The molecule has 104 valence electrons. The van der Waals surface area contributed by atoms with Crippen LogP contribution in [0.15, 0.2) is 24.3 Å². The molecular weight excluding hydrogens is 257 g/mol. The van der Waals surface area contributed by atoms with Crippen LogP contribution in [0.4, 0.5) is 13.2 Å². The number of carbonyl (C=O) groups is 1.